The molecule has 2 aromatic carbocycles. The molecule has 2 N–H and O–H groups in total. The number of carbonyl (C=O) groups is 1. The number of phenols is 1. The number of hydrogen-bond acceptors (Lipinski definition) is 2. The molecule has 3 nitrogen and oxygen atoms in total. The number of amides is 1. The summed E-state index contributed by atoms with van der Waals surface area (Å²) in [5.74, 6) is -0.0356. The normalized spacial score (nSPS) is 10.2. The van der Waals surface area contributed by atoms with Gasteiger partial charge in [0.25, 0.3) is 0 Å². The van der Waals surface area contributed by atoms with Crippen molar-refractivity contribution in [2.24, 2.45) is 0 Å². The first-order valence-corrected chi connectivity index (χ1v) is 6.20. The summed E-state index contributed by atoms with van der Waals surface area (Å²) in [6, 6.07) is 13.0. The number of aryl methyl sites for hydroxylation is 2. The lowest BCUT2D eigenvalue weighted by Gasteiger charge is -2.09. The second kappa shape index (κ2) is 5.57. The molecular formula is C16H17NO2. The Labute approximate surface area is 112 Å². The van der Waals surface area contributed by atoms with Gasteiger partial charge in [-0.25, -0.2) is 0 Å². The Morgan fingerprint density at radius 1 is 1.16 bits per heavy atom. The molecule has 0 spiro atoms. The molecule has 1 amide bonds. The highest BCUT2D eigenvalue weighted by Crippen LogP contribution is 2.24. The Kier molecular flexibility index (Phi) is 3.85. The lowest BCUT2D eigenvalue weighted by atomic mass is 10.1. The molecule has 0 heterocycles. The molecule has 0 fully saturated rings. The van der Waals surface area contributed by atoms with Gasteiger partial charge < -0.3 is 10.4 Å². The van der Waals surface area contributed by atoms with Crippen molar-refractivity contribution in [3.05, 3.63) is 59.2 Å². The van der Waals surface area contributed by atoms with Gasteiger partial charge in [0.05, 0.1) is 12.1 Å². The molecule has 2 aromatic rings. The number of benzene rings is 2. The average molecular weight is 255 g/mol. The third-order valence-corrected chi connectivity index (χ3v) is 3.04. The zero-order chi connectivity index (χ0) is 13.8. The second-order valence-corrected chi connectivity index (χ2v) is 4.67. The van der Waals surface area contributed by atoms with E-state index < -0.39 is 0 Å². The fourth-order valence-electron chi connectivity index (χ4n) is 1.92. The fraction of sp³-hybridized carbons (Fsp3) is 0.188. The maximum atomic E-state index is 11.9. The van der Waals surface area contributed by atoms with Crippen molar-refractivity contribution in [3.63, 3.8) is 0 Å². The number of anilines is 1. The maximum Gasteiger partial charge on any atom is 0.228 e. The van der Waals surface area contributed by atoms with Crippen LogP contribution in [0.15, 0.2) is 42.5 Å². The Morgan fingerprint density at radius 2 is 1.89 bits per heavy atom. The number of carbonyl (C=O) groups excluding carboxylic acids is 1. The van der Waals surface area contributed by atoms with Gasteiger partial charge in [-0.2, -0.15) is 0 Å². The zero-order valence-corrected chi connectivity index (χ0v) is 11.1. The van der Waals surface area contributed by atoms with E-state index in [1.165, 1.54) is 0 Å². The SMILES string of the molecule is Cc1ccc(NC(=O)Cc2ccccc2C)c(O)c1. The number of aromatic hydroxyl groups is 1. The summed E-state index contributed by atoms with van der Waals surface area (Å²) in [6.45, 7) is 3.87. The molecule has 0 atom stereocenters. The van der Waals surface area contributed by atoms with E-state index in [2.05, 4.69) is 5.32 Å². The van der Waals surface area contributed by atoms with Crippen LogP contribution in [0.2, 0.25) is 0 Å². The van der Waals surface area contributed by atoms with Gasteiger partial charge in [-0.15, -0.1) is 0 Å². The Morgan fingerprint density at radius 3 is 2.58 bits per heavy atom. The van der Waals surface area contributed by atoms with Gasteiger partial charge in [-0.05, 0) is 42.7 Å². The van der Waals surface area contributed by atoms with Crippen LogP contribution in [0.3, 0.4) is 0 Å². The molecule has 0 unspecified atom stereocenters. The standard InChI is InChI=1S/C16H17NO2/c1-11-7-8-14(15(18)9-11)17-16(19)10-13-6-4-3-5-12(13)2/h3-9,18H,10H2,1-2H3,(H,17,19). The second-order valence-electron chi connectivity index (χ2n) is 4.67. The smallest absolute Gasteiger partial charge is 0.228 e. The number of rotatable bonds is 3. The van der Waals surface area contributed by atoms with Gasteiger partial charge >= 0.3 is 0 Å². The van der Waals surface area contributed by atoms with Crippen LogP contribution in [0.4, 0.5) is 5.69 Å². The molecule has 0 saturated carbocycles. The maximum absolute atomic E-state index is 11.9. The predicted molar refractivity (Wildman–Crippen MR) is 76.4 cm³/mol. The van der Waals surface area contributed by atoms with E-state index in [4.69, 9.17) is 0 Å². The van der Waals surface area contributed by atoms with E-state index in [-0.39, 0.29) is 11.7 Å². The van der Waals surface area contributed by atoms with E-state index >= 15 is 0 Å². The molecule has 0 aliphatic rings. The van der Waals surface area contributed by atoms with Crippen molar-refractivity contribution in [1.82, 2.24) is 0 Å². The zero-order valence-electron chi connectivity index (χ0n) is 11.1. The summed E-state index contributed by atoms with van der Waals surface area (Å²) in [5.41, 5.74) is 3.48. The molecule has 0 bridgehead atoms. The van der Waals surface area contributed by atoms with E-state index in [0.717, 1.165) is 16.7 Å². The molecule has 0 aromatic heterocycles. The van der Waals surface area contributed by atoms with Crippen molar-refractivity contribution < 1.29 is 9.90 Å². The summed E-state index contributed by atoms with van der Waals surface area (Å²) < 4.78 is 0. The summed E-state index contributed by atoms with van der Waals surface area (Å²) >= 11 is 0. The van der Waals surface area contributed by atoms with Crippen molar-refractivity contribution in [1.29, 1.82) is 0 Å². The van der Waals surface area contributed by atoms with Crippen LogP contribution < -0.4 is 5.32 Å². The van der Waals surface area contributed by atoms with Crippen LogP contribution in [0.25, 0.3) is 0 Å². The van der Waals surface area contributed by atoms with Crippen LogP contribution in [0, 0.1) is 13.8 Å². The van der Waals surface area contributed by atoms with Crippen molar-refractivity contribution in [2.45, 2.75) is 20.3 Å². The molecule has 0 aliphatic heterocycles. The Hall–Kier alpha value is -2.29. The number of hydrogen-bond donors (Lipinski definition) is 2. The molecule has 0 aliphatic carbocycles. The fourth-order valence-corrected chi connectivity index (χ4v) is 1.92. The molecule has 3 heteroatoms. The highest BCUT2D eigenvalue weighted by molar-refractivity contribution is 5.93. The topological polar surface area (TPSA) is 49.3 Å². The van der Waals surface area contributed by atoms with Crippen LogP contribution in [-0.4, -0.2) is 11.0 Å². The first-order chi connectivity index (χ1) is 9.06. The predicted octanol–water partition coefficient (Wildman–Crippen LogP) is 3.19. The molecule has 19 heavy (non-hydrogen) atoms. The third-order valence-electron chi connectivity index (χ3n) is 3.04. The van der Waals surface area contributed by atoms with Crippen LogP contribution >= 0.6 is 0 Å². The Bertz CT molecular complexity index is 605. The molecule has 98 valence electrons. The van der Waals surface area contributed by atoms with E-state index in [1.807, 2.05) is 44.2 Å². The van der Waals surface area contributed by atoms with Gasteiger partial charge in [-0.3, -0.25) is 4.79 Å². The van der Waals surface area contributed by atoms with Crippen LogP contribution in [-0.2, 0) is 11.2 Å². The number of nitrogens with one attached hydrogen (secondary N) is 1. The van der Waals surface area contributed by atoms with Gasteiger partial charge in [0.2, 0.25) is 5.91 Å². The van der Waals surface area contributed by atoms with Crippen LogP contribution in [0.5, 0.6) is 5.75 Å². The van der Waals surface area contributed by atoms with Crippen LogP contribution in [0.1, 0.15) is 16.7 Å². The lowest BCUT2D eigenvalue weighted by Crippen LogP contribution is -2.15. The average Bonchev–Trinajstić information content (AvgIpc) is 2.36. The minimum absolute atomic E-state index is 0.0955. The molecule has 2 rings (SSSR count). The van der Waals surface area contributed by atoms with Crippen molar-refractivity contribution in [2.75, 3.05) is 5.32 Å². The summed E-state index contributed by atoms with van der Waals surface area (Å²) in [5, 5.41) is 12.5. The van der Waals surface area contributed by atoms with Gasteiger partial charge in [0, 0.05) is 0 Å². The molecule has 0 saturated heterocycles. The summed E-state index contributed by atoms with van der Waals surface area (Å²) in [6.07, 6.45) is 0.306. The van der Waals surface area contributed by atoms with Gasteiger partial charge in [0.1, 0.15) is 5.75 Å². The first kappa shape index (κ1) is 13.1. The highest BCUT2D eigenvalue weighted by atomic mass is 16.3. The largest absolute Gasteiger partial charge is 0.506 e. The number of phenolic OH excluding ortho intramolecular Hbond substituents is 1. The molecular weight excluding hydrogens is 238 g/mol. The Balaban J connectivity index is 2.08. The minimum atomic E-state index is -0.131. The van der Waals surface area contributed by atoms with Crippen molar-refractivity contribution in [3.8, 4) is 5.75 Å². The monoisotopic (exact) mass is 255 g/mol. The summed E-state index contributed by atoms with van der Waals surface area (Å²) in [7, 11) is 0. The third kappa shape index (κ3) is 3.35. The summed E-state index contributed by atoms with van der Waals surface area (Å²) in [4.78, 5) is 11.9. The van der Waals surface area contributed by atoms with Gasteiger partial charge in [0.15, 0.2) is 0 Å². The van der Waals surface area contributed by atoms with Crippen molar-refractivity contribution >= 4 is 11.6 Å². The lowest BCUT2D eigenvalue weighted by molar-refractivity contribution is -0.115. The van der Waals surface area contributed by atoms with E-state index in [9.17, 15) is 9.90 Å². The minimum Gasteiger partial charge on any atom is -0.506 e. The first-order valence-electron chi connectivity index (χ1n) is 6.20. The highest BCUT2D eigenvalue weighted by Gasteiger charge is 2.08. The van der Waals surface area contributed by atoms with E-state index in [0.29, 0.717) is 12.1 Å². The molecule has 0 radical (unpaired) electrons. The quantitative estimate of drug-likeness (QED) is 0.827. The van der Waals surface area contributed by atoms with Gasteiger partial charge in [-0.1, -0.05) is 30.3 Å². The van der Waals surface area contributed by atoms with E-state index in [1.54, 1.807) is 12.1 Å².